The van der Waals surface area contributed by atoms with Crippen molar-refractivity contribution in [2.75, 3.05) is 24.5 Å². The van der Waals surface area contributed by atoms with Gasteiger partial charge in [0.1, 0.15) is 5.69 Å². The zero-order valence-corrected chi connectivity index (χ0v) is 15.3. The third-order valence-electron chi connectivity index (χ3n) is 5.42. The lowest BCUT2D eigenvalue weighted by atomic mass is 9.98. The molecular formula is C19H24N8. The van der Waals surface area contributed by atoms with E-state index in [1.165, 1.54) is 12.1 Å². The lowest BCUT2D eigenvalue weighted by Gasteiger charge is -2.33. The van der Waals surface area contributed by atoms with Crippen LogP contribution in [0.1, 0.15) is 18.5 Å². The first kappa shape index (κ1) is 16.4. The molecule has 0 spiro atoms. The lowest BCUT2D eigenvalue weighted by molar-refractivity contribution is 0.365. The minimum absolute atomic E-state index is 0.550. The molecule has 1 saturated heterocycles. The predicted octanol–water partition coefficient (Wildman–Crippen LogP) is 1.56. The van der Waals surface area contributed by atoms with Crippen LogP contribution in [-0.2, 0) is 19.6 Å². The molecule has 2 aliphatic heterocycles. The topological polar surface area (TPSA) is 76.7 Å². The summed E-state index contributed by atoms with van der Waals surface area (Å²) in [6.45, 7) is 5.72. The Kier molecular flexibility index (Phi) is 4.33. The minimum Gasteiger partial charge on any atom is -0.340 e. The van der Waals surface area contributed by atoms with Gasteiger partial charge in [0.2, 0.25) is 5.95 Å². The maximum Gasteiger partial charge on any atom is 0.225 e. The molecule has 0 aromatic carbocycles. The molecule has 1 fully saturated rings. The van der Waals surface area contributed by atoms with Gasteiger partial charge in [0.15, 0.2) is 5.82 Å². The van der Waals surface area contributed by atoms with Crippen molar-refractivity contribution in [1.29, 1.82) is 0 Å². The summed E-state index contributed by atoms with van der Waals surface area (Å²) in [4.78, 5) is 15.7. The van der Waals surface area contributed by atoms with Crippen molar-refractivity contribution in [3.8, 4) is 11.5 Å². The Balaban J connectivity index is 1.33. The van der Waals surface area contributed by atoms with Gasteiger partial charge in [0.05, 0.1) is 12.2 Å². The van der Waals surface area contributed by atoms with Gasteiger partial charge >= 0.3 is 0 Å². The van der Waals surface area contributed by atoms with Gasteiger partial charge in [0, 0.05) is 57.5 Å². The second-order valence-electron chi connectivity index (χ2n) is 7.33. The largest absolute Gasteiger partial charge is 0.340 e. The number of nitrogens with zero attached hydrogens (tertiary/aromatic N) is 7. The molecule has 0 aliphatic carbocycles. The number of hydrogen-bond donors (Lipinski definition) is 1. The quantitative estimate of drug-likeness (QED) is 0.757. The number of anilines is 1. The van der Waals surface area contributed by atoms with Gasteiger partial charge in [-0.25, -0.2) is 15.0 Å². The number of nitrogens with one attached hydrogen (secondary N) is 1. The van der Waals surface area contributed by atoms with E-state index in [0.717, 1.165) is 63.2 Å². The Bertz CT molecular complexity index is 876. The molecule has 2 aliphatic rings. The van der Waals surface area contributed by atoms with Crippen LogP contribution in [0.3, 0.4) is 0 Å². The molecule has 1 atom stereocenters. The fourth-order valence-corrected chi connectivity index (χ4v) is 4.12. The van der Waals surface area contributed by atoms with Gasteiger partial charge in [-0.3, -0.25) is 4.68 Å². The van der Waals surface area contributed by atoms with Crippen LogP contribution in [0.2, 0.25) is 0 Å². The zero-order chi connectivity index (χ0) is 18.1. The second-order valence-corrected chi connectivity index (χ2v) is 7.33. The first-order chi connectivity index (χ1) is 13.4. The van der Waals surface area contributed by atoms with Crippen molar-refractivity contribution in [3.05, 3.63) is 42.6 Å². The van der Waals surface area contributed by atoms with E-state index in [1.54, 1.807) is 0 Å². The van der Waals surface area contributed by atoms with Crippen LogP contribution in [-0.4, -0.2) is 48.9 Å². The van der Waals surface area contributed by atoms with Crippen LogP contribution >= 0.6 is 0 Å². The summed E-state index contributed by atoms with van der Waals surface area (Å²) in [6, 6.07) is 4.03. The summed E-state index contributed by atoms with van der Waals surface area (Å²) >= 11 is 0. The van der Waals surface area contributed by atoms with E-state index in [9.17, 15) is 0 Å². The zero-order valence-electron chi connectivity index (χ0n) is 15.3. The molecule has 1 unspecified atom stereocenters. The highest BCUT2D eigenvalue weighted by Crippen LogP contribution is 2.24. The van der Waals surface area contributed by atoms with Gasteiger partial charge in [-0.15, -0.1) is 0 Å². The highest BCUT2D eigenvalue weighted by Gasteiger charge is 2.23. The van der Waals surface area contributed by atoms with Crippen LogP contribution in [0.15, 0.2) is 36.9 Å². The van der Waals surface area contributed by atoms with E-state index < -0.39 is 0 Å². The monoisotopic (exact) mass is 364 g/mol. The predicted molar refractivity (Wildman–Crippen MR) is 102 cm³/mol. The molecular weight excluding hydrogens is 340 g/mol. The third-order valence-corrected chi connectivity index (χ3v) is 5.42. The molecule has 0 saturated carbocycles. The van der Waals surface area contributed by atoms with Gasteiger partial charge in [-0.2, -0.15) is 5.10 Å². The fraction of sp³-hybridized carbons (Fsp3) is 0.474. The van der Waals surface area contributed by atoms with Gasteiger partial charge < -0.3 is 14.8 Å². The molecule has 0 amide bonds. The van der Waals surface area contributed by atoms with Crippen LogP contribution in [0.4, 0.5) is 5.95 Å². The number of imidazole rings is 1. The smallest absolute Gasteiger partial charge is 0.225 e. The molecule has 5 heterocycles. The molecule has 3 aromatic rings. The Morgan fingerprint density at radius 1 is 1.11 bits per heavy atom. The van der Waals surface area contributed by atoms with Crippen molar-refractivity contribution >= 4 is 5.95 Å². The Hall–Kier alpha value is -2.74. The van der Waals surface area contributed by atoms with Crippen molar-refractivity contribution in [3.63, 3.8) is 0 Å². The number of rotatable bonds is 4. The molecule has 8 heteroatoms. The van der Waals surface area contributed by atoms with Crippen molar-refractivity contribution in [2.24, 2.45) is 5.92 Å². The van der Waals surface area contributed by atoms with Crippen molar-refractivity contribution in [2.45, 2.75) is 32.5 Å². The Morgan fingerprint density at radius 2 is 2.04 bits per heavy atom. The lowest BCUT2D eigenvalue weighted by Crippen LogP contribution is -2.38. The average molecular weight is 364 g/mol. The molecule has 1 N–H and O–H groups in total. The van der Waals surface area contributed by atoms with Crippen LogP contribution in [0.25, 0.3) is 11.5 Å². The summed E-state index contributed by atoms with van der Waals surface area (Å²) in [7, 11) is 0. The number of fused-ring (bicyclic) bond motifs is 1. The van der Waals surface area contributed by atoms with E-state index in [2.05, 4.69) is 46.7 Å². The molecule has 8 nitrogen and oxygen atoms in total. The van der Waals surface area contributed by atoms with Crippen LogP contribution < -0.4 is 10.2 Å². The Labute approximate surface area is 158 Å². The van der Waals surface area contributed by atoms with Gasteiger partial charge in [0.25, 0.3) is 0 Å². The van der Waals surface area contributed by atoms with Crippen LogP contribution in [0.5, 0.6) is 0 Å². The fourth-order valence-electron chi connectivity index (χ4n) is 4.12. The van der Waals surface area contributed by atoms with E-state index in [1.807, 2.05) is 24.7 Å². The van der Waals surface area contributed by atoms with Gasteiger partial charge in [-0.1, -0.05) is 0 Å². The number of aromatic nitrogens is 6. The highest BCUT2D eigenvalue weighted by atomic mass is 15.3. The molecule has 140 valence electrons. The minimum atomic E-state index is 0.550. The van der Waals surface area contributed by atoms with Crippen molar-refractivity contribution < 1.29 is 0 Å². The number of piperidine rings is 1. The molecule has 27 heavy (non-hydrogen) atoms. The normalized spacial score (nSPS) is 19.9. The Morgan fingerprint density at radius 3 is 2.93 bits per heavy atom. The van der Waals surface area contributed by atoms with E-state index >= 15 is 0 Å². The van der Waals surface area contributed by atoms with E-state index in [4.69, 9.17) is 5.10 Å². The first-order valence-electron chi connectivity index (χ1n) is 9.68. The SMILES string of the molecule is c1cnc(N2CCCC(Cn3ccnc3-c3cc4n(n3)CCNC4)C2)nc1. The standard InChI is InChI=1S/C19H24N8/c1-3-15(14-26(8-1)19-22-4-2-5-23-19)13-25-9-7-21-18(25)17-11-16-12-20-6-10-27(16)24-17/h2,4-5,7,9,11,15,20H,1,3,6,8,10,12-14H2. The summed E-state index contributed by atoms with van der Waals surface area (Å²) < 4.78 is 4.35. The van der Waals surface area contributed by atoms with E-state index in [-0.39, 0.29) is 0 Å². The molecule has 0 bridgehead atoms. The molecule has 5 rings (SSSR count). The maximum atomic E-state index is 4.77. The van der Waals surface area contributed by atoms with Gasteiger partial charge in [-0.05, 0) is 30.9 Å². The summed E-state index contributed by atoms with van der Waals surface area (Å²) in [5.41, 5.74) is 2.20. The summed E-state index contributed by atoms with van der Waals surface area (Å²) in [6.07, 6.45) is 9.96. The maximum absolute atomic E-state index is 4.77. The van der Waals surface area contributed by atoms with E-state index in [0.29, 0.717) is 5.92 Å². The first-order valence-corrected chi connectivity index (χ1v) is 9.68. The molecule has 3 aromatic heterocycles. The van der Waals surface area contributed by atoms with Crippen molar-refractivity contribution in [1.82, 2.24) is 34.6 Å². The van der Waals surface area contributed by atoms with Crippen LogP contribution in [0, 0.1) is 5.92 Å². The third kappa shape index (κ3) is 3.32. The highest BCUT2D eigenvalue weighted by molar-refractivity contribution is 5.50. The second kappa shape index (κ2) is 7.11. The average Bonchev–Trinajstić information content (AvgIpc) is 3.35. The summed E-state index contributed by atoms with van der Waals surface area (Å²) in [5.74, 6) is 2.35. The molecule has 0 radical (unpaired) electrons. The number of hydrogen-bond acceptors (Lipinski definition) is 6. The summed E-state index contributed by atoms with van der Waals surface area (Å²) in [5, 5.41) is 8.17.